The molecule has 2 aromatic carbocycles. The number of hydrogen-bond donors (Lipinski definition) is 2. The predicted molar refractivity (Wildman–Crippen MR) is 142 cm³/mol. The number of aromatic nitrogens is 4. The summed E-state index contributed by atoms with van der Waals surface area (Å²) in [4.78, 5) is 32.7. The van der Waals surface area contributed by atoms with E-state index in [9.17, 15) is 14.7 Å². The van der Waals surface area contributed by atoms with Gasteiger partial charge in [0.15, 0.2) is 17.8 Å². The van der Waals surface area contributed by atoms with Crippen LogP contribution < -0.4 is 5.32 Å². The Kier molecular flexibility index (Phi) is 6.52. The van der Waals surface area contributed by atoms with E-state index in [4.69, 9.17) is 11.6 Å². The average Bonchev–Trinajstić information content (AvgIpc) is 3.35. The van der Waals surface area contributed by atoms with Gasteiger partial charge in [0.2, 0.25) is 0 Å². The van der Waals surface area contributed by atoms with Crippen LogP contribution in [0, 0.1) is 13.8 Å². The zero-order valence-corrected chi connectivity index (χ0v) is 20.8. The maximum atomic E-state index is 12.8. The molecule has 5 rings (SSSR count). The summed E-state index contributed by atoms with van der Waals surface area (Å²) in [5.41, 5.74) is 7.03. The van der Waals surface area contributed by atoms with Crippen LogP contribution in [-0.4, -0.2) is 36.9 Å². The highest BCUT2D eigenvalue weighted by Gasteiger charge is 2.17. The average molecular weight is 512 g/mol. The van der Waals surface area contributed by atoms with Crippen molar-refractivity contribution < 1.29 is 14.7 Å². The third kappa shape index (κ3) is 4.60. The lowest BCUT2D eigenvalue weighted by Crippen LogP contribution is -2.14. The summed E-state index contributed by atoms with van der Waals surface area (Å²) in [6.07, 6.45) is 3.78. The quantitative estimate of drug-likeness (QED) is 0.300. The van der Waals surface area contributed by atoms with Crippen molar-refractivity contribution >= 4 is 35.1 Å². The number of carbonyl (C=O) groups excluding carboxylic acids is 2. The van der Waals surface area contributed by atoms with E-state index in [0.717, 1.165) is 27.8 Å². The van der Waals surface area contributed by atoms with Gasteiger partial charge >= 0.3 is 0 Å². The van der Waals surface area contributed by atoms with E-state index in [2.05, 4.69) is 20.4 Å². The molecule has 0 fully saturated rings. The van der Waals surface area contributed by atoms with Gasteiger partial charge in [0.25, 0.3) is 5.91 Å². The first-order valence-corrected chi connectivity index (χ1v) is 11.9. The standard InChI is InChI=1S/C28H22ClN5O3/c1-16-20(5-3-7-22(16)26-32-27-23(29)11-19(15-36)13-34(27)33-26)21-6-4-8-24(17(21)2)31-28(37)25-10-9-18(14-35)12-30-25/h3-13,15,35H,14H2,1-2H3,(H,31,37). The SMILES string of the molecule is Cc1c(NC(=O)c2ccc(CO)cn2)cccc1-c1cccc(-c2nc3c(Cl)cc(C=O)cn3n2)c1C. The molecule has 9 heteroatoms. The fourth-order valence-electron chi connectivity index (χ4n) is 4.22. The molecule has 5 aromatic rings. The fraction of sp³-hybridized carbons (Fsp3) is 0.107. The number of nitrogens with zero attached hydrogens (tertiary/aromatic N) is 4. The molecular formula is C28H22ClN5O3. The Morgan fingerprint density at radius 2 is 1.78 bits per heavy atom. The number of hydrogen-bond acceptors (Lipinski definition) is 6. The molecule has 0 radical (unpaired) electrons. The molecule has 0 aliphatic carbocycles. The monoisotopic (exact) mass is 511 g/mol. The van der Waals surface area contributed by atoms with Gasteiger partial charge in [-0.1, -0.05) is 48.0 Å². The van der Waals surface area contributed by atoms with Gasteiger partial charge in [0.1, 0.15) is 5.69 Å². The zero-order valence-electron chi connectivity index (χ0n) is 20.1. The largest absolute Gasteiger partial charge is 0.392 e. The second-order valence-corrected chi connectivity index (χ2v) is 8.97. The number of rotatable bonds is 6. The van der Waals surface area contributed by atoms with Crippen molar-refractivity contribution in [3.05, 3.63) is 100.0 Å². The molecule has 0 aliphatic heterocycles. The molecule has 0 spiro atoms. The topological polar surface area (TPSA) is 109 Å². The maximum Gasteiger partial charge on any atom is 0.274 e. The number of benzene rings is 2. The molecule has 0 saturated carbocycles. The van der Waals surface area contributed by atoms with E-state index in [1.807, 2.05) is 50.2 Å². The Labute approximate surface area is 217 Å². The highest BCUT2D eigenvalue weighted by atomic mass is 35.5. The minimum absolute atomic E-state index is 0.133. The minimum atomic E-state index is -0.337. The summed E-state index contributed by atoms with van der Waals surface area (Å²) in [6, 6.07) is 16.4. The first-order chi connectivity index (χ1) is 17.9. The van der Waals surface area contributed by atoms with E-state index in [-0.39, 0.29) is 18.2 Å². The first kappa shape index (κ1) is 24.3. The molecule has 3 aromatic heterocycles. The van der Waals surface area contributed by atoms with Gasteiger partial charge in [-0.05, 0) is 59.9 Å². The first-order valence-electron chi connectivity index (χ1n) is 11.5. The van der Waals surface area contributed by atoms with Crippen molar-refractivity contribution in [2.75, 3.05) is 5.32 Å². The molecule has 37 heavy (non-hydrogen) atoms. The van der Waals surface area contributed by atoms with Crippen LogP contribution >= 0.6 is 11.6 Å². The molecule has 0 aliphatic rings. The highest BCUT2D eigenvalue weighted by Crippen LogP contribution is 2.35. The number of nitrogens with one attached hydrogen (secondary N) is 1. The van der Waals surface area contributed by atoms with E-state index in [1.54, 1.807) is 24.4 Å². The summed E-state index contributed by atoms with van der Waals surface area (Å²) in [5, 5.41) is 17.0. The third-order valence-corrected chi connectivity index (χ3v) is 6.51. The smallest absolute Gasteiger partial charge is 0.274 e. The summed E-state index contributed by atoms with van der Waals surface area (Å²) in [6.45, 7) is 3.81. The van der Waals surface area contributed by atoms with Crippen LogP contribution in [0.4, 0.5) is 5.69 Å². The van der Waals surface area contributed by atoms with Gasteiger partial charge in [-0.3, -0.25) is 14.6 Å². The van der Waals surface area contributed by atoms with E-state index in [0.29, 0.717) is 39.6 Å². The van der Waals surface area contributed by atoms with Crippen LogP contribution in [0.1, 0.15) is 37.5 Å². The van der Waals surface area contributed by atoms with Crippen LogP contribution in [0.25, 0.3) is 28.2 Å². The number of carbonyl (C=O) groups is 2. The minimum Gasteiger partial charge on any atom is -0.392 e. The highest BCUT2D eigenvalue weighted by molar-refractivity contribution is 6.33. The molecule has 3 heterocycles. The number of aliphatic hydroxyl groups is 1. The Morgan fingerprint density at radius 3 is 2.49 bits per heavy atom. The van der Waals surface area contributed by atoms with Gasteiger partial charge in [-0.2, -0.15) is 0 Å². The Bertz CT molecular complexity index is 1660. The molecule has 0 bridgehead atoms. The van der Waals surface area contributed by atoms with Crippen LogP contribution in [0.3, 0.4) is 0 Å². The van der Waals surface area contributed by atoms with Crippen molar-refractivity contribution in [1.29, 1.82) is 0 Å². The maximum absolute atomic E-state index is 12.8. The summed E-state index contributed by atoms with van der Waals surface area (Å²) < 4.78 is 1.51. The van der Waals surface area contributed by atoms with Gasteiger partial charge < -0.3 is 10.4 Å². The Balaban J connectivity index is 1.51. The molecule has 0 atom stereocenters. The second-order valence-electron chi connectivity index (χ2n) is 8.56. The van der Waals surface area contributed by atoms with E-state index in [1.165, 1.54) is 10.7 Å². The van der Waals surface area contributed by atoms with Gasteiger partial charge in [-0.25, -0.2) is 9.50 Å². The zero-order chi connectivity index (χ0) is 26.1. The van der Waals surface area contributed by atoms with Crippen LogP contribution in [-0.2, 0) is 6.61 Å². The molecule has 0 saturated heterocycles. The molecule has 1 amide bonds. The van der Waals surface area contributed by atoms with Crippen LogP contribution in [0.5, 0.6) is 0 Å². The molecule has 2 N–H and O–H groups in total. The van der Waals surface area contributed by atoms with Gasteiger partial charge in [-0.15, -0.1) is 5.10 Å². The van der Waals surface area contributed by atoms with Gasteiger partial charge in [0, 0.05) is 29.2 Å². The number of aliphatic hydroxyl groups excluding tert-OH is 1. The Morgan fingerprint density at radius 1 is 1.05 bits per heavy atom. The summed E-state index contributed by atoms with van der Waals surface area (Å²) >= 11 is 6.32. The van der Waals surface area contributed by atoms with E-state index >= 15 is 0 Å². The van der Waals surface area contributed by atoms with Crippen molar-refractivity contribution in [3.8, 4) is 22.5 Å². The Hall–Kier alpha value is -4.40. The van der Waals surface area contributed by atoms with Gasteiger partial charge in [0.05, 0.1) is 11.6 Å². The summed E-state index contributed by atoms with van der Waals surface area (Å²) in [7, 11) is 0. The van der Waals surface area contributed by atoms with Crippen molar-refractivity contribution in [3.63, 3.8) is 0 Å². The molecule has 8 nitrogen and oxygen atoms in total. The lowest BCUT2D eigenvalue weighted by Gasteiger charge is -2.15. The van der Waals surface area contributed by atoms with E-state index < -0.39 is 0 Å². The number of anilines is 1. The number of aldehydes is 1. The fourth-order valence-corrected chi connectivity index (χ4v) is 4.47. The summed E-state index contributed by atoms with van der Waals surface area (Å²) in [5.74, 6) is 0.152. The second kappa shape index (κ2) is 9.93. The van der Waals surface area contributed by atoms with Crippen LogP contribution in [0.15, 0.2) is 67.0 Å². The normalized spacial score (nSPS) is 11.0. The van der Waals surface area contributed by atoms with Crippen molar-refractivity contribution in [2.45, 2.75) is 20.5 Å². The molecule has 0 unspecified atom stereocenters. The lowest BCUT2D eigenvalue weighted by molar-refractivity contribution is 0.102. The number of pyridine rings is 2. The number of amides is 1. The number of fused-ring (bicyclic) bond motifs is 1. The van der Waals surface area contributed by atoms with Crippen molar-refractivity contribution in [2.24, 2.45) is 0 Å². The van der Waals surface area contributed by atoms with Crippen molar-refractivity contribution in [1.82, 2.24) is 19.6 Å². The lowest BCUT2D eigenvalue weighted by atomic mass is 9.92. The third-order valence-electron chi connectivity index (χ3n) is 6.23. The molecular weight excluding hydrogens is 490 g/mol. The molecule has 184 valence electrons. The number of halogens is 1. The predicted octanol–water partition coefficient (Wildman–Crippen LogP) is 5.29. The van der Waals surface area contributed by atoms with Crippen LogP contribution in [0.2, 0.25) is 5.02 Å².